The van der Waals surface area contributed by atoms with Gasteiger partial charge >= 0.3 is 5.69 Å². The van der Waals surface area contributed by atoms with Crippen LogP contribution in [-0.2, 0) is 6.98 Å². The molecule has 0 aliphatic carbocycles. The number of aromatic nitrogens is 3. The van der Waals surface area contributed by atoms with Crippen molar-refractivity contribution >= 4 is 28.2 Å². The second-order valence-electron chi connectivity index (χ2n) is 6.08. The summed E-state index contributed by atoms with van der Waals surface area (Å²) in [6.45, 7) is -2.38. The third-order valence-electron chi connectivity index (χ3n) is 4.36. The fourth-order valence-corrected chi connectivity index (χ4v) is 3.02. The molecule has 2 heterocycles. The first-order valence-corrected chi connectivity index (χ1v) is 8.42. The van der Waals surface area contributed by atoms with Gasteiger partial charge in [0.1, 0.15) is 5.75 Å². The molecule has 29 heavy (non-hydrogen) atoms. The molecular weight excluding hydrogens is 377 g/mol. The molecule has 0 spiro atoms. The zero-order valence-electron chi connectivity index (χ0n) is 18.1. The van der Waals surface area contributed by atoms with Crippen LogP contribution in [0, 0.1) is 15.9 Å². The van der Waals surface area contributed by atoms with Gasteiger partial charge in [0.2, 0.25) is 11.8 Å². The first-order valence-electron chi connectivity index (χ1n) is 9.92. The van der Waals surface area contributed by atoms with E-state index in [1.807, 2.05) is 0 Å². The van der Waals surface area contributed by atoms with Gasteiger partial charge in [-0.2, -0.15) is 4.39 Å². The molecular formula is C20H16FN5O3. The second kappa shape index (κ2) is 7.19. The fraction of sp³-hybridized carbons (Fsp3) is 0.100. The highest BCUT2D eigenvalue weighted by molar-refractivity contribution is 5.95. The van der Waals surface area contributed by atoms with Crippen LogP contribution in [0.15, 0.2) is 54.9 Å². The van der Waals surface area contributed by atoms with Crippen LogP contribution >= 0.6 is 0 Å². The van der Waals surface area contributed by atoms with Crippen LogP contribution in [0.3, 0.4) is 0 Å². The van der Waals surface area contributed by atoms with Crippen LogP contribution in [0.5, 0.6) is 5.75 Å². The van der Waals surface area contributed by atoms with Crippen LogP contribution < -0.4 is 10.1 Å². The van der Waals surface area contributed by atoms with Gasteiger partial charge < -0.3 is 14.6 Å². The Morgan fingerprint density at radius 3 is 2.90 bits per heavy atom. The van der Waals surface area contributed by atoms with Crippen molar-refractivity contribution in [3.8, 4) is 17.0 Å². The maximum Gasteiger partial charge on any atom is 0.307 e. The molecule has 0 aliphatic heterocycles. The van der Waals surface area contributed by atoms with Crippen molar-refractivity contribution in [3.63, 3.8) is 0 Å². The fourth-order valence-electron chi connectivity index (χ4n) is 3.02. The first-order chi connectivity index (χ1) is 15.2. The number of halogens is 1. The number of nitrogens with one attached hydrogen (secondary N) is 1. The molecule has 146 valence electrons. The Labute approximate surface area is 169 Å². The quantitative estimate of drug-likeness (QED) is 0.396. The average Bonchev–Trinajstić information content (AvgIpc) is 3.15. The zero-order chi connectivity index (χ0) is 23.0. The van der Waals surface area contributed by atoms with Crippen molar-refractivity contribution in [2.45, 2.75) is 0 Å². The Hall–Kier alpha value is -4.01. The molecule has 4 aromatic rings. The Kier molecular flexibility index (Phi) is 3.71. The predicted molar refractivity (Wildman–Crippen MR) is 107 cm³/mol. The lowest BCUT2D eigenvalue weighted by atomic mass is 10.1. The van der Waals surface area contributed by atoms with Gasteiger partial charge in [0.15, 0.2) is 0 Å². The van der Waals surface area contributed by atoms with E-state index < -0.39 is 23.4 Å². The molecule has 8 nitrogen and oxygen atoms in total. The Bertz CT molecular complexity index is 1340. The number of ether oxygens (including phenoxy) is 1. The lowest BCUT2D eigenvalue weighted by molar-refractivity contribution is -0.387. The highest BCUT2D eigenvalue weighted by Crippen LogP contribution is 2.34. The molecule has 0 radical (unpaired) electrons. The summed E-state index contributed by atoms with van der Waals surface area (Å²) in [6, 6.07) is 10.5. The highest BCUT2D eigenvalue weighted by atomic mass is 19.1. The van der Waals surface area contributed by atoms with E-state index in [1.165, 1.54) is 24.1 Å². The third kappa shape index (κ3) is 3.33. The minimum Gasteiger partial charge on any atom is -0.494 e. The lowest BCUT2D eigenvalue weighted by Crippen LogP contribution is -2.02. The summed E-state index contributed by atoms with van der Waals surface area (Å²) in [4.78, 5) is 18.8. The standard InChI is InChI=1S/C20H16FN5O3/c1-25-11-13(12-5-3-4-6-17(12)25)15-7-8-22-20(23-15)24-16-10-18(26(27)28)14(21)9-19(16)29-2/h3-11H,1-2H3,(H,22,23,24)/i1D3. The summed E-state index contributed by atoms with van der Waals surface area (Å²) in [5.41, 5.74) is 0.885. The first kappa shape index (κ1) is 15.0. The monoisotopic (exact) mass is 396 g/mol. The molecule has 0 saturated carbocycles. The van der Waals surface area contributed by atoms with E-state index in [1.54, 1.807) is 30.3 Å². The molecule has 2 aromatic carbocycles. The van der Waals surface area contributed by atoms with Crippen LogP contribution in [0.25, 0.3) is 22.2 Å². The number of benzene rings is 2. The minimum atomic E-state index is -2.38. The summed E-state index contributed by atoms with van der Waals surface area (Å²) in [7, 11) is 1.30. The van der Waals surface area contributed by atoms with E-state index in [2.05, 4.69) is 15.3 Å². The van der Waals surface area contributed by atoms with E-state index in [-0.39, 0.29) is 17.4 Å². The smallest absolute Gasteiger partial charge is 0.307 e. The van der Waals surface area contributed by atoms with E-state index in [0.29, 0.717) is 22.2 Å². The minimum absolute atomic E-state index is 0.0288. The molecule has 0 fully saturated rings. The van der Waals surface area contributed by atoms with E-state index in [4.69, 9.17) is 8.85 Å². The molecule has 0 bridgehead atoms. The average molecular weight is 396 g/mol. The third-order valence-corrected chi connectivity index (χ3v) is 4.36. The Morgan fingerprint density at radius 1 is 1.31 bits per heavy atom. The van der Waals surface area contributed by atoms with Gasteiger partial charge in [0, 0.05) is 52.1 Å². The molecule has 9 heteroatoms. The maximum absolute atomic E-state index is 13.9. The van der Waals surface area contributed by atoms with E-state index in [9.17, 15) is 14.5 Å². The number of para-hydroxylation sites is 1. The van der Waals surface area contributed by atoms with Gasteiger partial charge in [-0.3, -0.25) is 10.1 Å². The molecule has 1 N–H and O–H groups in total. The maximum atomic E-state index is 13.9. The van der Waals surface area contributed by atoms with Crippen molar-refractivity contribution < 1.29 is 18.2 Å². The van der Waals surface area contributed by atoms with Crippen LogP contribution in [0.4, 0.5) is 21.7 Å². The summed E-state index contributed by atoms with van der Waals surface area (Å²) < 4.78 is 43.6. The number of nitrogens with zero attached hydrogens (tertiary/aromatic N) is 4. The number of rotatable bonds is 5. The number of nitro benzene ring substituents is 1. The number of hydrogen-bond donors (Lipinski definition) is 1. The molecule has 0 unspecified atom stereocenters. The van der Waals surface area contributed by atoms with Crippen molar-refractivity contribution in [1.29, 1.82) is 0 Å². The second-order valence-corrected chi connectivity index (χ2v) is 6.08. The highest BCUT2D eigenvalue weighted by Gasteiger charge is 2.20. The van der Waals surface area contributed by atoms with Crippen molar-refractivity contribution in [2.24, 2.45) is 6.98 Å². The molecule has 0 aliphatic rings. The lowest BCUT2D eigenvalue weighted by Gasteiger charge is -2.11. The van der Waals surface area contributed by atoms with Crippen molar-refractivity contribution in [3.05, 3.63) is 70.8 Å². The molecule has 4 rings (SSSR count). The predicted octanol–water partition coefficient (Wildman–Crippen LogP) is 4.43. The largest absolute Gasteiger partial charge is 0.494 e. The van der Waals surface area contributed by atoms with Crippen LogP contribution in [-0.4, -0.2) is 26.6 Å². The number of aryl methyl sites for hydroxylation is 1. The molecule has 0 amide bonds. The van der Waals surface area contributed by atoms with E-state index >= 15 is 0 Å². The number of nitro groups is 1. The number of fused-ring (bicyclic) bond motifs is 1. The van der Waals surface area contributed by atoms with Gasteiger partial charge in [-0.05, 0) is 12.1 Å². The van der Waals surface area contributed by atoms with Crippen molar-refractivity contribution in [2.75, 3.05) is 12.4 Å². The summed E-state index contributed by atoms with van der Waals surface area (Å²) >= 11 is 0. The van der Waals surface area contributed by atoms with Crippen LogP contribution in [0.2, 0.25) is 0 Å². The number of methoxy groups -OCH3 is 1. The topological polar surface area (TPSA) is 95.1 Å². The van der Waals surface area contributed by atoms with E-state index in [0.717, 1.165) is 12.1 Å². The normalized spacial score (nSPS) is 12.8. The molecule has 2 aromatic heterocycles. The number of anilines is 2. The Balaban J connectivity index is 1.79. The molecule has 0 saturated heterocycles. The van der Waals surface area contributed by atoms with Crippen molar-refractivity contribution in [1.82, 2.24) is 14.5 Å². The van der Waals surface area contributed by atoms with Gasteiger partial charge in [0.25, 0.3) is 0 Å². The molecule has 0 atom stereocenters. The zero-order valence-corrected chi connectivity index (χ0v) is 15.1. The summed E-state index contributed by atoms with van der Waals surface area (Å²) in [5.74, 6) is -0.946. The Morgan fingerprint density at radius 2 is 2.14 bits per heavy atom. The van der Waals surface area contributed by atoms with Gasteiger partial charge in [-0.1, -0.05) is 18.2 Å². The van der Waals surface area contributed by atoms with Crippen LogP contribution in [0.1, 0.15) is 4.11 Å². The van der Waals surface area contributed by atoms with Gasteiger partial charge in [0.05, 0.1) is 23.4 Å². The SMILES string of the molecule is [2H]C([2H])([2H])n1cc(-c2ccnc(Nc3cc([N+](=O)[O-])c(F)cc3OC)n2)c2ccccc21. The van der Waals surface area contributed by atoms with Gasteiger partial charge in [-0.15, -0.1) is 0 Å². The van der Waals surface area contributed by atoms with Gasteiger partial charge in [-0.25, -0.2) is 9.97 Å². The number of hydrogen-bond acceptors (Lipinski definition) is 6. The summed E-state index contributed by atoms with van der Waals surface area (Å²) in [5, 5.41) is 14.6. The summed E-state index contributed by atoms with van der Waals surface area (Å²) in [6.07, 6.45) is 2.95.